The summed E-state index contributed by atoms with van der Waals surface area (Å²) in [6, 6.07) is 0. The normalized spacial score (nSPS) is 15.5. The zero-order chi connectivity index (χ0) is 11.9. The van der Waals surface area contributed by atoms with E-state index in [0.717, 1.165) is 0 Å². The summed E-state index contributed by atoms with van der Waals surface area (Å²) >= 11 is 0. The van der Waals surface area contributed by atoms with Gasteiger partial charge in [-0.2, -0.15) is 8.42 Å². The number of rotatable bonds is 7. The lowest BCUT2D eigenvalue weighted by Crippen LogP contribution is -2.15. The number of hydrogen-bond donors (Lipinski definition) is 0. The van der Waals surface area contributed by atoms with Crippen LogP contribution in [-0.2, 0) is 23.4 Å². The van der Waals surface area contributed by atoms with Gasteiger partial charge in [0.05, 0.1) is 5.75 Å². The lowest BCUT2D eigenvalue weighted by atomic mass is 10.8. The summed E-state index contributed by atoms with van der Waals surface area (Å²) in [7, 11) is -5.21. The molecule has 0 aromatic carbocycles. The highest BCUT2D eigenvalue weighted by Crippen LogP contribution is 2.45. The molecular weight excluding hydrogens is 239 g/mol. The highest BCUT2D eigenvalue weighted by molar-refractivity contribution is 7.87. The molecule has 0 aliphatic heterocycles. The summed E-state index contributed by atoms with van der Waals surface area (Å²) in [4.78, 5) is 0. The first-order valence-electron chi connectivity index (χ1n) is 4.33. The standard InChI is InChI=1S/C8H15O5PS/c1-4-6-13-15(10,11)8-7-14(9,5-2)12-3/h1H,5-8H2,2-3H3. The molecular formula is C8H15O5PS. The monoisotopic (exact) mass is 254 g/mol. The van der Waals surface area contributed by atoms with E-state index < -0.39 is 17.5 Å². The first kappa shape index (κ1) is 14.7. The highest BCUT2D eigenvalue weighted by Gasteiger charge is 2.23. The van der Waals surface area contributed by atoms with E-state index in [9.17, 15) is 13.0 Å². The Bertz CT molecular complexity index is 359. The molecule has 0 fully saturated rings. The Kier molecular flexibility index (Phi) is 6.15. The van der Waals surface area contributed by atoms with Crippen LogP contribution in [0.3, 0.4) is 0 Å². The molecule has 5 nitrogen and oxygen atoms in total. The van der Waals surface area contributed by atoms with Gasteiger partial charge in [-0.05, 0) is 0 Å². The van der Waals surface area contributed by atoms with E-state index in [-0.39, 0.29) is 18.5 Å². The summed E-state index contributed by atoms with van der Waals surface area (Å²) in [5.41, 5.74) is 0. The Labute approximate surface area is 90.7 Å². The van der Waals surface area contributed by atoms with Crippen molar-refractivity contribution in [2.75, 3.05) is 31.8 Å². The van der Waals surface area contributed by atoms with Crippen LogP contribution in [0.15, 0.2) is 0 Å². The molecule has 0 aliphatic rings. The molecule has 0 radical (unpaired) electrons. The van der Waals surface area contributed by atoms with Gasteiger partial charge >= 0.3 is 0 Å². The lowest BCUT2D eigenvalue weighted by molar-refractivity contribution is 0.362. The molecule has 1 atom stereocenters. The van der Waals surface area contributed by atoms with Gasteiger partial charge < -0.3 is 4.52 Å². The Morgan fingerprint density at radius 2 is 2.07 bits per heavy atom. The fraction of sp³-hybridized carbons (Fsp3) is 0.750. The van der Waals surface area contributed by atoms with Crippen molar-refractivity contribution < 1.29 is 21.7 Å². The van der Waals surface area contributed by atoms with E-state index in [1.807, 2.05) is 5.92 Å². The van der Waals surface area contributed by atoms with Crippen LogP contribution in [0.25, 0.3) is 0 Å². The smallest absolute Gasteiger partial charge is 0.268 e. The van der Waals surface area contributed by atoms with Crippen molar-refractivity contribution in [2.24, 2.45) is 0 Å². The van der Waals surface area contributed by atoms with Crippen LogP contribution < -0.4 is 0 Å². The van der Waals surface area contributed by atoms with Gasteiger partial charge in [-0.3, -0.25) is 8.75 Å². The van der Waals surface area contributed by atoms with E-state index >= 15 is 0 Å². The van der Waals surface area contributed by atoms with Crippen LogP contribution in [-0.4, -0.2) is 40.2 Å². The first-order chi connectivity index (χ1) is 6.89. The number of terminal acetylenes is 1. The Hall–Kier alpha value is -0.340. The minimum Gasteiger partial charge on any atom is -0.332 e. The molecule has 88 valence electrons. The second kappa shape index (κ2) is 6.29. The van der Waals surface area contributed by atoms with Gasteiger partial charge in [0.1, 0.15) is 6.61 Å². The molecule has 0 amide bonds. The fourth-order valence-corrected chi connectivity index (χ4v) is 3.94. The molecule has 15 heavy (non-hydrogen) atoms. The summed E-state index contributed by atoms with van der Waals surface area (Å²) in [6.07, 6.45) is 5.10. The molecule has 0 bridgehead atoms. The van der Waals surface area contributed by atoms with Gasteiger partial charge in [0.25, 0.3) is 10.1 Å². The van der Waals surface area contributed by atoms with Crippen molar-refractivity contribution in [3.8, 4) is 12.3 Å². The zero-order valence-corrected chi connectivity index (χ0v) is 10.5. The Balaban J connectivity index is 4.27. The molecule has 7 heteroatoms. The van der Waals surface area contributed by atoms with Crippen LogP contribution in [0.1, 0.15) is 6.92 Å². The van der Waals surface area contributed by atoms with Gasteiger partial charge in [0, 0.05) is 19.4 Å². The summed E-state index contributed by atoms with van der Waals surface area (Å²) in [5.74, 6) is 1.71. The van der Waals surface area contributed by atoms with Crippen molar-refractivity contribution in [3.05, 3.63) is 0 Å². The first-order valence-corrected chi connectivity index (χ1v) is 7.91. The molecule has 0 aliphatic carbocycles. The van der Waals surface area contributed by atoms with Crippen LogP contribution in [0.4, 0.5) is 0 Å². The van der Waals surface area contributed by atoms with Crippen molar-refractivity contribution in [3.63, 3.8) is 0 Å². The molecule has 0 heterocycles. The molecule has 0 N–H and O–H groups in total. The maximum atomic E-state index is 11.7. The fourth-order valence-electron chi connectivity index (χ4n) is 0.812. The molecule has 1 unspecified atom stereocenters. The maximum absolute atomic E-state index is 11.7. The van der Waals surface area contributed by atoms with E-state index in [1.54, 1.807) is 6.92 Å². The molecule has 0 rings (SSSR count). The van der Waals surface area contributed by atoms with Gasteiger partial charge in [-0.25, -0.2) is 0 Å². The minimum absolute atomic E-state index is 0.0487. The molecule has 0 aromatic rings. The van der Waals surface area contributed by atoms with Gasteiger partial charge in [0.15, 0.2) is 0 Å². The van der Waals surface area contributed by atoms with E-state index in [4.69, 9.17) is 10.9 Å². The topological polar surface area (TPSA) is 69.7 Å². The van der Waals surface area contributed by atoms with Crippen molar-refractivity contribution in [1.82, 2.24) is 0 Å². The largest absolute Gasteiger partial charge is 0.332 e. The average Bonchev–Trinajstić information content (AvgIpc) is 2.23. The van der Waals surface area contributed by atoms with Crippen molar-refractivity contribution in [2.45, 2.75) is 6.92 Å². The van der Waals surface area contributed by atoms with E-state index in [2.05, 4.69) is 4.18 Å². The predicted molar refractivity (Wildman–Crippen MR) is 58.6 cm³/mol. The summed E-state index contributed by atoms with van der Waals surface area (Å²) < 4.78 is 43.2. The molecule has 0 saturated carbocycles. The predicted octanol–water partition coefficient (Wildman–Crippen LogP) is 0.910. The van der Waals surface area contributed by atoms with E-state index in [1.165, 1.54) is 7.11 Å². The second-order valence-electron chi connectivity index (χ2n) is 2.77. The SMILES string of the molecule is C#CCOS(=O)(=O)CCP(=O)(CC)OC. The highest BCUT2D eigenvalue weighted by atomic mass is 32.2. The van der Waals surface area contributed by atoms with Crippen LogP contribution >= 0.6 is 7.37 Å². The van der Waals surface area contributed by atoms with Crippen LogP contribution in [0.5, 0.6) is 0 Å². The Morgan fingerprint density at radius 1 is 1.47 bits per heavy atom. The second-order valence-corrected chi connectivity index (χ2v) is 7.60. The third-order valence-corrected chi connectivity index (χ3v) is 5.84. The van der Waals surface area contributed by atoms with Crippen molar-refractivity contribution in [1.29, 1.82) is 0 Å². The summed E-state index contributed by atoms with van der Waals surface area (Å²) in [5, 5.41) is 0. The minimum atomic E-state index is -3.69. The van der Waals surface area contributed by atoms with Gasteiger partial charge in [-0.15, -0.1) is 6.42 Å². The number of hydrogen-bond acceptors (Lipinski definition) is 5. The lowest BCUT2D eigenvalue weighted by Gasteiger charge is -2.13. The molecule has 0 aromatic heterocycles. The third kappa shape index (κ3) is 5.95. The van der Waals surface area contributed by atoms with E-state index in [0.29, 0.717) is 6.16 Å². The zero-order valence-electron chi connectivity index (χ0n) is 8.80. The van der Waals surface area contributed by atoms with Gasteiger partial charge in [-0.1, -0.05) is 12.8 Å². The quantitative estimate of drug-likeness (QED) is 0.383. The maximum Gasteiger partial charge on any atom is 0.268 e. The average molecular weight is 254 g/mol. The van der Waals surface area contributed by atoms with Crippen molar-refractivity contribution >= 4 is 17.5 Å². The summed E-state index contributed by atoms with van der Waals surface area (Å²) in [6.45, 7) is 1.38. The van der Waals surface area contributed by atoms with Crippen LogP contribution in [0, 0.1) is 12.3 Å². The molecule has 0 saturated heterocycles. The third-order valence-electron chi connectivity index (χ3n) is 1.82. The van der Waals surface area contributed by atoms with Crippen LogP contribution in [0.2, 0.25) is 0 Å². The molecule has 0 spiro atoms. The van der Waals surface area contributed by atoms with Gasteiger partial charge in [0.2, 0.25) is 7.37 Å². The Morgan fingerprint density at radius 3 is 2.47 bits per heavy atom.